The molecule has 13 heavy (non-hydrogen) atoms. The van der Waals surface area contributed by atoms with E-state index >= 15 is 0 Å². The molecule has 0 fully saturated rings. The normalized spacial score (nSPS) is 10.2. The van der Waals surface area contributed by atoms with Gasteiger partial charge in [0.1, 0.15) is 5.82 Å². The minimum Gasteiger partial charge on any atom is -0.350 e. The molecule has 0 unspecified atom stereocenters. The molecule has 0 atom stereocenters. The number of amides is 2. The zero-order valence-corrected chi connectivity index (χ0v) is 6.70. The molecule has 0 aliphatic carbocycles. The number of halogens is 1. The van der Waals surface area contributed by atoms with E-state index in [1.54, 1.807) is 12.1 Å². The predicted molar refractivity (Wildman–Crippen MR) is 46.7 cm³/mol. The third-order valence-corrected chi connectivity index (χ3v) is 1.28. The molecule has 0 aliphatic rings. The van der Waals surface area contributed by atoms with Crippen LogP contribution in [-0.4, -0.2) is 12.2 Å². The lowest BCUT2D eigenvalue weighted by molar-refractivity contribution is 0.249. The van der Waals surface area contributed by atoms with Gasteiger partial charge in [-0.25, -0.2) is 14.6 Å². The maximum absolute atomic E-state index is 12.9. The number of nitrogens with zero attached hydrogens (tertiary/aromatic N) is 1. The number of carbonyl (C=O) groups excluding carboxylic acids is 1. The van der Waals surface area contributed by atoms with Crippen molar-refractivity contribution in [1.29, 1.82) is 0 Å². The summed E-state index contributed by atoms with van der Waals surface area (Å²) in [6, 6.07) is 5.27. The van der Waals surface area contributed by atoms with E-state index in [0.29, 0.717) is 0 Å². The first-order valence-corrected chi connectivity index (χ1v) is 3.53. The van der Waals surface area contributed by atoms with E-state index in [9.17, 15) is 9.18 Å². The maximum Gasteiger partial charge on any atom is 0.332 e. The maximum atomic E-state index is 12.9. The molecule has 1 aromatic carbocycles. The first kappa shape index (κ1) is 9.18. The highest BCUT2D eigenvalue weighted by molar-refractivity contribution is 5.81. The van der Waals surface area contributed by atoms with Crippen LogP contribution in [0, 0.1) is 5.82 Å². The monoisotopic (exact) mass is 181 g/mol. The van der Waals surface area contributed by atoms with E-state index < -0.39 is 11.8 Å². The zero-order valence-electron chi connectivity index (χ0n) is 6.70. The number of rotatable bonds is 2. The van der Waals surface area contributed by atoms with Crippen LogP contribution >= 0.6 is 0 Å². The molecule has 68 valence electrons. The summed E-state index contributed by atoms with van der Waals surface area (Å²) in [4.78, 5) is 10.2. The fourth-order valence-corrected chi connectivity index (χ4v) is 0.745. The molecule has 2 amide bonds. The van der Waals surface area contributed by atoms with Crippen LogP contribution in [0.4, 0.5) is 9.18 Å². The SMILES string of the molecule is NC(=O)N/N=C\c1ccccc1F. The molecule has 0 saturated carbocycles. The van der Waals surface area contributed by atoms with Gasteiger partial charge in [0.2, 0.25) is 0 Å². The lowest BCUT2D eigenvalue weighted by atomic mass is 10.2. The average molecular weight is 181 g/mol. The summed E-state index contributed by atoms with van der Waals surface area (Å²) >= 11 is 0. The molecule has 0 spiro atoms. The standard InChI is InChI=1S/C8H8FN3O/c9-7-4-2-1-3-6(7)5-11-12-8(10)13/h1-5H,(H3,10,12,13)/b11-5-. The van der Waals surface area contributed by atoms with Gasteiger partial charge >= 0.3 is 6.03 Å². The Hall–Kier alpha value is -1.91. The quantitative estimate of drug-likeness (QED) is 0.515. The van der Waals surface area contributed by atoms with Crippen LogP contribution in [0.25, 0.3) is 0 Å². The van der Waals surface area contributed by atoms with Crippen LogP contribution in [0.15, 0.2) is 29.4 Å². The fourth-order valence-electron chi connectivity index (χ4n) is 0.745. The van der Waals surface area contributed by atoms with Gasteiger partial charge in [-0.05, 0) is 6.07 Å². The summed E-state index contributed by atoms with van der Waals surface area (Å²) in [7, 11) is 0. The summed E-state index contributed by atoms with van der Waals surface area (Å²) in [6.45, 7) is 0. The van der Waals surface area contributed by atoms with E-state index in [1.807, 2.05) is 5.43 Å². The Morgan fingerprint density at radius 3 is 2.85 bits per heavy atom. The minimum absolute atomic E-state index is 0.288. The van der Waals surface area contributed by atoms with E-state index in [1.165, 1.54) is 18.3 Å². The smallest absolute Gasteiger partial charge is 0.332 e. The summed E-state index contributed by atoms with van der Waals surface area (Å²) in [6.07, 6.45) is 1.18. The number of nitrogens with one attached hydrogen (secondary N) is 1. The number of hydrazone groups is 1. The van der Waals surface area contributed by atoms with Gasteiger partial charge in [-0.3, -0.25) is 0 Å². The van der Waals surface area contributed by atoms with Crippen LogP contribution in [0.3, 0.4) is 0 Å². The molecule has 0 radical (unpaired) electrons. The molecule has 0 aromatic heterocycles. The highest BCUT2D eigenvalue weighted by Crippen LogP contribution is 2.02. The van der Waals surface area contributed by atoms with Gasteiger partial charge in [0.15, 0.2) is 0 Å². The van der Waals surface area contributed by atoms with Gasteiger partial charge in [0.25, 0.3) is 0 Å². The van der Waals surface area contributed by atoms with E-state index in [2.05, 4.69) is 5.10 Å². The number of carbonyl (C=O) groups is 1. The third-order valence-electron chi connectivity index (χ3n) is 1.28. The number of urea groups is 1. The van der Waals surface area contributed by atoms with Gasteiger partial charge in [0, 0.05) is 5.56 Å². The molecule has 0 heterocycles. The zero-order chi connectivity index (χ0) is 9.68. The van der Waals surface area contributed by atoms with Crippen molar-refractivity contribution >= 4 is 12.2 Å². The van der Waals surface area contributed by atoms with Gasteiger partial charge in [-0.1, -0.05) is 18.2 Å². The molecule has 4 nitrogen and oxygen atoms in total. The topological polar surface area (TPSA) is 67.5 Å². The molecular formula is C8H8FN3O. The number of benzene rings is 1. The van der Waals surface area contributed by atoms with Gasteiger partial charge in [-0.15, -0.1) is 0 Å². The highest BCUT2D eigenvalue weighted by atomic mass is 19.1. The summed E-state index contributed by atoms with van der Waals surface area (Å²) in [5, 5.41) is 3.41. The Labute approximate surface area is 74.2 Å². The van der Waals surface area contributed by atoms with E-state index in [4.69, 9.17) is 5.73 Å². The third kappa shape index (κ3) is 2.90. The Bertz CT molecular complexity index is 338. The molecule has 1 aromatic rings. The van der Waals surface area contributed by atoms with Crippen LogP contribution in [-0.2, 0) is 0 Å². The van der Waals surface area contributed by atoms with E-state index in [-0.39, 0.29) is 5.56 Å². The molecule has 5 heteroatoms. The Morgan fingerprint density at radius 1 is 1.54 bits per heavy atom. The number of nitrogens with two attached hydrogens (primary N) is 1. The van der Waals surface area contributed by atoms with Gasteiger partial charge in [-0.2, -0.15) is 5.10 Å². The Morgan fingerprint density at radius 2 is 2.23 bits per heavy atom. The first-order valence-electron chi connectivity index (χ1n) is 3.53. The van der Waals surface area contributed by atoms with Crippen molar-refractivity contribution in [1.82, 2.24) is 5.43 Å². The molecular weight excluding hydrogens is 173 g/mol. The molecule has 3 N–H and O–H groups in total. The second-order valence-corrected chi connectivity index (χ2v) is 2.26. The van der Waals surface area contributed by atoms with E-state index in [0.717, 1.165) is 0 Å². The molecule has 0 saturated heterocycles. The molecule has 1 rings (SSSR count). The van der Waals surface area contributed by atoms with Crippen molar-refractivity contribution in [3.8, 4) is 0 Å². The van der Waals surface area contributed by atoms with Crippen LogP contribution in [0.5, 0.6) is 0 Å². The second-order valence-electron chi connectivity index (χ2n) is 2.26. The largest absolute Gasteiger partial charge is 0.350 e. The number of hydrogen-bond donors (Lipinski definition) is 2. The van der Waals surface area contributed by atoms with Gasteiger partial charge in [0.05, 0.1) is 6.21 Å². The predicted octanol–water partition coefficient (Wildman–Crippen LogP) is 0.828. The Balaban J connectivity index is 2.68. The van der Waals surface area contributed by atoms with Crippen molar-refractivity contribution < 1.29 is 9.18 Å². The summed E-state index contributed by atoms with van der Waals surface area (Å²) in [5.41, 5.74) is 6.99. The average Bonchev–Trinajstić information content (AvgIpc) is 2.08. The van der Waals surface area contributed by atoms with Crippen LogP contribution in [0.1, 0.15) is 5.56 Å². The molecule has 0 aliphatic heterocycles. The van der Waals surface area contributed by atoms with Crippen molar-refractivity contribution in [3.05, 3.63) is 35.6 Å². The fraction of sp³-hybridized carbons (Fsp3) is 0. The lowest BCUT2D eigenvalue weighted by Crippen LogP contribution is -2.24. The van der Waals surface area contributed by atoms with Crippen LogP contribution < -0.4 is 11.2 Å². The van der Waals surface area contributed by atoms with Crippen molar-refractivity contribution in [2.75, 3.05) is 0 Å². The second kappa shape index (κ2) is 4.20. The first-order chi connectivity index (χ1) is 6.20. The molecule has 0 bridgehead atoms. The van der Waals surface area contributed by atoms with Crippen LogP contribution in [0.2, 0.25) is 0 Å². The number of hydrogen-bond acceptors (Lipinski definition) is 2. The summed E-state index contributed by atoms with van der Waals surface area (Å²) < 4.78 is 12.9. The minimum atomic E-state index is -0.785. The highest BCUT2D eigenvalue weighted by Gasteiger charge is 1.95. The lowest BCUT2D eigenvalue weighted by Gasteiger charge is -1.94. The Kier molecular flexibility index (Phi) is 2.97. The van der Waals surface area contributed by atoms with Crippen molar-refractivity contribution in [2.45, 2.75) is 0 Å². The number of primary amides is 1. The van der Waals surface area contributed by atoms with Crippen molar-refractivity contribution in [2.24, 2.45) is 10.8 Å². The van der Waals surface area contributed by atoms with Crippen molar-refractivity contribution in [3.63, 3.8) is 0 Å². The summed E-state index contributed by atoms with van der Waals surface area (Å²) in [5.74, 6) is -0.405. The van der Waals surface area contributed by atoms with Gasteiger partial charge < -0.3 is 5.73 Å².